The van der Waals surface area contributed by atoms with E-state index in [0.717, 1.165) is 38.8 Å². The average Bonchev–Trinajstić information content (AvgIpc) is 4.02. The summed E-state index contributed by atoms with van der Waals surface area (Å²) in [4.78, 5) is 7.49. The molecule has 0 aliphatic rings. The van der Waals surface area contributed by atoms with Gasteiger partial charge in [-0.25, -0.2) is 4.98 Å². The molecule has 12 aromatic rings. The second-order valence-corrected chi connectivity index (χ2v) is 17.3. The monoisotopic (exact) mass is 801 g/mol. The van der Waals surface area contributed by atoms with Crippen molar-refractivity contribution in [2.75, 3.05) is 4.90 Å². The summed E-state index contributed by atoms with van der Waals surface area (Å²) in [6, 6.07) is 76.7. The molecule has 3 aromatic heterocycles. The fraction of sp³-hybridized carbons (Fsp3) is 0. The van der Waals surface area contributed by atoms with Gasteiger partial charge in [0.15, 0.2) is 0 Å². The Bertz CT molecular complexity index is 3490. The summed E-state index contributed by atoms with van der Waals surface area (Å²) in [6.07, 6.45) is 0. The zero-order chi connectivity index (χ0) is 39.6. The minimum atomic E-state index is 1.01. The summed E-state index contributed by atoms with van der Waals surface area (Å²) in [5, 5.41) is 6.09. The molecule has 0 aliphatic carbocycles. The van der Waals surface area contributed by atoms with Crippen LogP contribution < -0.4 is 4.90 Å². The van der Waals surface area contributed by atoms with Gasteiger partial charge in [0.05, 0.1) is 21.3 Å². The van der Waals surface area contributed by atoms with Crippen molar-refractivity contribution >= 4 is 91.9 Å². The van der Waals surface area contributed by atoms with Crippen LogP contribution in [0, 0.1) is 0 Å². The van der Waals surface area contributed by atoms with E-state index in [1.807, 2.05) is 11.3 Å². The predicted octanol–water partition coefficient (Wildman–Crippen LogP) is 16.2. The van der Waals surface area contributed by atoms with Crippen molar-refractivity contribution in [2.24, 2.45) is 0 Å². The Hall–Kier alpha value is -7.31. The number of rotatable bonds is 7. The van der Waals surface area contributed by atoms with Crippen LogP contribution in [0.5, 0.6) is 0 Å². The highest BCUT2D eigenvalue weighted by Crippen LogP contribution is 2.43. The third kappa shape index (κ3) is 5.82. The van der Waals surface area contributed by atoms with Gasteiger partial charge in [-0.15, -0.1) is 22.7 Å². The molecule has 0 saturated heterocycles. The molecule has 0 aliphatic heterocycles. The lowest BCUT2D eigenvalue weighted by Gasteiger charge is -2.25. The van der Waals surface area contributed by atoms with Crippen molar-refractivity contribution in [3.63, 3.8) is 0 Å². The van der Waals surface area contributed by atoms with Gasteiger partial charge in [0.1, 0.15) is 5.01 Å². The molecule has 3 heterocycles. The largest absolute Gasteiger partial charge is 0.311 e. The van der Waals surface area contributed by atoms with E-state index in [2.05, 4.69) is 222 Å². The summed E-state index contributed by atoms with van der Waals surface area (Å²) >= 11 is 3.63. The molecule has 0 N–H and O–H groups in total. The van der Waals surface area contributed by atoms with E-state index in [4.69, 9.17) is 4.98 Å². The Morgan fingerprint density at radius 2 is 0.983 bits per heavy atom. The standard InChI is InChI=1S/C55H35N3S2/c1-4-13-37(14-5-1)55-56-49-30-29-46-47-34-39(36-23-27-43(28-24-36)57(41-16-6-2-7-17-41)42-18-8-3-9-19-42)25-31-50(47)58(53(46)54(49)60-55)44-20-12-15-38(33-44)40-26-32-52-48(35-40)45-21-10-11-22-51(45)59-52/h1-35H. The van der Waals surface area contributed by atoms with Crippen LogP contribution in [0.4, 0.5) is 17.1 Å². The van der Waals surface area contributed by atoms with Gasteiger partial charge >= 0.3 is 0 Å². The number of nitrogens with zero attached hydrogens (tertiary/aromatic N) is 3. The van der Waals surface area contributed by atoms with E-state index in [1.165, 1.54) is 68.9 Å². The molecule has 12 rings (SSSR count). The number of anilines is 3. The first-order valence-electron chi connectivity index (χ1n) is 20.2. The lowest BCUT2D eigenvalue weighted by atomic mass is 10.0. The first-order valence-corrected chi connectivity index (χ1v) is 21.8. The number of fused-ring (bicyclic) bond motifs is 8. The maximum absolute atomic E-state index is 5.19. The topological polar surface area (TPSA) is 21.1 Å². The summed E-state index contributed by atoms with van der Waals surface area (Å²) < 4.78 is 6.29. The number of thiazole rings is 1. The quantitative estimate of drug-likeness (QED) is 0.160. The van der Waals surface area contributed by atoms with Crippen molar-refractivity contribution in [3.05, 3.63) is 212 Å². The molecule has 3 nitrogen and oxygen atoms in total. The van der Waals surface area contributed by atoms with Gasteiger partial charge in [0.25, 0.3) is 0 Å². The van der Waals surface area contributed by atoms with E-state index >= 15 is 0 Å². The fourth-order valence-corrected chi connectivity index (χ4v) is 11.0. The van der Waals surface area contributed by atoms with Crippen molar-refractivity contribution in [3.8, 4) is 38.5 Å². The van der Waals surface area contributed by atoms with Crippen LogP contribution in [0.15, 0.2) is 212 Å². The van der Waals surface area contributed by atoms with Gasteiger partial charge in [0.2, 0.25) is 0 Å². The Morgan fingerprint density at radius 3 is 1.77 bits per heavy atom. The van der Waals surface area contributed by atoms with E-state index in [9.17, 15) is 0 Å². The molecule has 0 radical (unpaired) electrons. The molecule has 0 unspecified atom stereocenters. The third-order valence-corrected chi connectivity index (χ3v) is 13.9. The molecule has 0 spiro atoms. The maximum Gasteiger partial charge on any atom is 0.124 e. The maximum atomic E-state index is 5.19. The zero-order valence-corrected chi connectivity index (χ0v) is 34.0. The van der Waals surface area contributed by atoms with Crippen molar-refractivity contribution < 1.29 is 0 Å². The molecule has 0 fully saturated rings. The van der Waals surface area contributed by atoms with Crippen LogP contribution >= 0.6 is 22.7 Å². The SMILES string of the molecule is c1ccc(-c2nc3ccc4c5cc(-c6ccc(N(c7ccccc7)c7ccccc7)cc6)ccc5n(-c5cccc(-c6ccc7sc8ccccc8c7c6)c5)c4c3s2)cc1. The number of para-hydroxylation sites is 2. The van der Waals surface area contributed by atoms with Crippen LogP contribution in [-0.4, -0.2) is 9.55 Å². The van der Waals surface area contributed by atoms with Crippen LogP contribution in [0.3, 0.4) is 0 Å². The van der Waals surface area contributed by atoms with Crippen LogP contribution in [0.2, 0.25) is 0 Å². The zero-order valence-electron chi connectivity index (χ0n) is 32.4. The summed E-state index contributed by atoms with van der Waals surface area (Å²) in [7, 11) is 0. The van der Waals surface area contributed by atoms with Gasteiger partial charge in [-0.05, 0) is 113 Å². The van der Waals surface area contributed by atoms with E-state index in [1.54, 1.807) is 11.3 Å². The molecular formula is C55H35N3S2. The Labute approximate surface area is 355 Å². The van der Waals surface area contributed by atoms with Crippen LogP contribution in [-0.2, 0) is 0 Å². The lowest BCUT2D eigenvalue weighted by molar-refractivity contribution is 1.19. The number of aromatic nitrogens is 2. The first kappa shape index (κ1) is 34.7. The molecule has 0 saturated carbocycles. The molecule has 0 bridgehead atoms. The highest BCUT2D eigenvalue weighted by atomic mass is 32.1. The lowest BCUT2D eigenvalue weighted by Crippen LogP contribution is -2.09. The second-order valence-electron chi connectivity index (χ2n) is 15.2. The normalized spacial score (nSPS) is 11.7. The number of thiophene rings is 1. The van der Waals surface area contributed by atoms with Crippen molar-refractivity contribution in [2.45, 2.75) is 0 Å². The van der Waals surface area contributed by atoms with Crippen LogP contribution in [0.1, 0.15) is 0 Å². The van der Waals surface area contributed by atoms with E-state index < -0.39 is 0 Å². The van der Waals surface area contributed by atoms with Gasteiger partial charge in [-0.1, -0.05) is 121 Å². The fourth-order valence-electron chi connectivity index (χ4n) is 8.77. The minimum absolute atomic E-state index is 1.01. The Balaban J connectivity index is 1.02. The van der Waals surface area contributed by atoms with Crippen molar-refractivity contribution in [1.82, 2.24) is 9.55 Å². The highest BCUT2D eigenvalue weighted by molar-refractivity contribution is 7.25. The smallest absolute Gasteiger partial charge is 0.124 e. The third-order valence-electron chi connectivity index (χ3n) is 11.6. The molecule has 282 valence electrons. The summed E-state index contributed by atoms with van der Waals surface area (Å²) in [5.41, 5.74) is 13.8. The molecule has 5 heteroatoms. The molecule has 0 amide bonds. The van der Waals surface area contributed by atoms with Gasteiger partial charge in [-0.2, -0.15) is 0 Å². The number of benzene rings is 9. The summed E-state index contributed by atoms with van der Waals surface area (Å²) in [6.45, 7) is 0. The minimum Gasteiger partial charge on any atom is -0.311 e. The molecule has 9 aromatic carbocycles. The summed E-state index contributed by atoms with van der Waals surface area (Å²) in [5.74, 6) is 0. The van der Waals surface area contributed by atoms with Crippen LogP contribution in [0.25, 0.3) is 90.7 Å². The average molecular weight is 802 g/mol. The van der Waals surface area contributed by atoms with E-state index in [-0.39, 0.29) is 0 Å². The molecule has 0 atom stereocenters. The van der Waals surface area contributed by atoms with Gasteiger partial charge in [0, 0.05) is 59.3 Å². The first-order chi connectivity index (χ1) is 29.7. The Morgan fingerprint density at radius 1 is 0.383 bits per heavy atom. The molecular weight excluding hydrogens is 767 g/mol. The van der Waals surface area contributed by atoms with Gasteiger partial charge < -0.3 is 9.47 Å². The second kappa shape index (κ2) is 14.2. The molecule has 60 heavy (non-hydrogen) atoms. The van der Waals surface area contributed by atoms with E-state index in [0.29, 0.717) is 0 Å². The van der Waals surface area contributed by atoms with Crippen molar-refractivity contribution in [1.29, 1.82) is 0 Å². The number of hydrogen-bond acceptors (Lipinski definition) is 4. The predicted molar refractivity (Wildman–Crippen MR) is 258 cm³/mol. The Kier molecular flexibility index (Phi) is 8.22. The highest BCUT2D eigenvalue weighted by Gasteiger charge is 2.20. The van der Waals surface area contributed by atoms with Gasteiger partial charge in [-0.3, -0.25) is 0 Å². The number of hydrogen-bond donors (Lipinski definition) is 0.